The highest BCUT2D eigenvalue weighted by molar-refractivity contribution is 6.16. The molecule has 3 aliphatic carbocycles. The van der Waals surface area contributed by atoms with E-state index >= 15 is 0 Å². The fraction of sp³-hybridized carbons (Fsp3) is 0.333. The van der Waals surface area contributed by atoms with Crippen molar-refractivity contribution in [1.29, 1.82) is 0 Å². The van der Waals surface area contributed by atoms with Gasteiger partial charge in [-0.05, 0) is 18.3 Å². The lowest BCUT2D eigenvalue weighted by atomic mass is 9.69. The SMILES string of the molecule is O=C1c2ccccc2C(=O)[C@@H]2[C@@H]1[C@@H]1C=C[C@H]2C1. The summed E-state index contributed by atoms with van der Waals surface area (Å²) in [5, 5.41) is 0. The molecule has 1 aromatic rings. The van der Waals surface area contributed by atoms with Crippen LogP contribution in [-0.4, -0.2) is 11.6 Å². The molecule has 0 N–H and O–H groups in total. The Balaban J connectivity index is 1.94. The summed E-state index contributed by atoms with van der Waals surface area (Å²) in [7, 11) is 0. The maximum atomic E-state index is 12.4. The Labute approximate surface area is 99.3 Å². The molecule has 3 aliphatic rings. The zero-order valence-electron chi connectivity index (χ0n) is 9.30. The molecule has 1 saturated carbocycles. The number of hydrogen-bond acceptors (Lipinski definition) is 2. The van der Waals surface area contributed by atoms with Crippen LogP contribution in [0, 0.1) is 23.7 Å². The van der Waals surface area contributed by atoms with Gasteiger partial charge in [-0.25, -0.2) is 0 Å². The van der Waals surface area contributed by atoms with Crippen molar-refractivity contribution in [1.82, 2.24) is 0 Å². The Morgan fingerprint density at radius 3 is 1.76 bits per heavy atom. The smallest absolute Gasteiger partial charge is 0.168 e. The van der Waals surface area contributed by atoms with E-state index in [1.165, 1.54) is 0 Å². The van der Waals surface area contributed by atoms with Gasteiger partial charge in [-0.1, -0.05) is 36.4 Å². The van der Waals surface area contributed by atoms with Crippen LogP contribution in [0.2, 0.25) is 0 Å². The second-order valence-corrected chi connectivity index (χ2v) is 5.27. The molecule has 0 radical (unpaired) electrons. The Morgan fingerprint density at radius 2 is 1.29 bits per heavy atom. The second-order valence-electron chi connectivity index (χ2n) is 5.27. The molecule has 2 nitrogen and oxygen atoms in total. The molecule has 84 valence electrons. The zero-order chi connectivity index (χ0) is 11.6. The van der Waals surface area contributed by atoms with E-state index in [1.807, 2.05) is 12.1 Å². The summed E-state index contributed by atoms with van der Waals surface area (Å²) in [6.07, 6.45) is 5.25. The summed E-state index contributed by atoms with van der Waals surface area (Å²) >= 11 is 0. The van der Waals surface area contributed by atoms with Crippen molar-refractivity contribution in [2.75, 3.05) is 0 Å². The normalized spacial score (nSPS) is 37.2. The lowest BCUT2D eigenvalue weighted by molar-refractivity contribution is 0.0720. The molecule has 0 unspecified atom stereocenters. The number of carbonyl (C=O) groups is 2. The maximum Gasteiger partial charge on any atom is 0.168 e. The van der Waals surface area contributed by atoms with Crippen LogP contribution in [0.5, 0.6) is 0 Å². The number of benzene rings is 1. The van der Waals surface area contributed by atoms with Gasteiger partial charge in [-0.2, -0.15) is 0 Å². The van der Waals surface area contributed by atoms with E-state index in [2.05, 4.69) is 12.2 Å². The van der Waals surface area contributed by atoms with E-state index < -0.39 is 0 Å². The van der Waals surface area contributed by atoms with Crippen molar-refractivity contribution < 1.29 is 9.59 Å². The second kappa shape index (κ2) is 2.95. The van der Waals surface area contributed by atoms with Gasteiger partial charge in [-0.15, -0.1) is 0 Å². The molecule has 4 atom stereocenters. The van der Waals surface area contributed by atoms with Gasteiger partial charge in [0.15, 0.2) is 11.6 Å². The molecule has 0 aromatic heterocycles. The standard InChI is InChI=1S/C15H12O2/c16-14-10-3-1-2-4-11(10)15(17)13-9-6-5-8(7-9)12(13)14/h1-6,8-9,12-13H,7H2/t8-,9+,12-,13-/m0/s1. The van der Waals surface area contributed by atoms with Crippen molar-refractivity contribution in [3.63, 3.8) is 0 Å². The average Bonchev–Trinajstić information content (AvgIpc) is 2.96. The molecule has 0 spiro atoms. The van der Waals surface area contributed by atoms with Crippen LogP contribution in [0.15, 0.2) is 36.4 Å². The fourth-order valence-corrected chi connectivity index (χ4v) is 3.81. The van der Waals surface area contributed by atoms with Gasteiger partial charge in [0.25, 0.3) is 0 Å². The number of Topliss-reactive ketones (excluding diaryl/α,β-unsaturated/α-hetero) is 2. The van der Waals surface area contributed by atoms with E-state index in [9.17, 15) is 9.59 Å². The van der Waals surface area contributed by atoms with E-state index in [4.69, 9.17) is 0 Å². The van der Waals surface area contributed by atoms with Crippen molar-refractivity contribution >= 4 is 11.6 Å². The van der Waals surface area contributed by atoms with Crippen LogP contribution in [0.25, 0.3) is 0 Å². The van der Waals surface area contributed by atoms with Gasteiger partial charge in [-0.3, -0.25) is 9.59 Å². The minimum Gasteiger partial charge on any atom is -0.294 e. The Kier molecular flexibility index (Phi) is 1.62. The minimum atomic E-state index is -0.0765. The van der Waals surface area contributed by atoms with Gasteiger partial charge in [0.05, 0.1) is 0 Å². The third kappa shape index (κ3) is 1.01. The monoisotopic (exact) mass is 224 g/mol. The van der Waals surface area contributed by atoms with Crippen molar-refractivity contribution in [3.05, 3.63) is 47.5 Å². The Morgan fingerprint density at radius 1 is 0.824 bits per heavy atom. The third-order valence-corrected chi connectivity index (χ3v) is 4.52. The molecule has 0 heterocycles. The van der Waals surface area contributed by atoms with E-state index in [1.54, 1.807) is 12.1 Å². The molecular formula is C15H12O2. The Hall–Kier alpha value is -1.70. The number of carbonyl (C=O) groups excluding carboxylic acids is 2. The molecule has 4 rings (SSSR count). The first kappa shape index (κ1) is 9.34. The highest BCUT2D eigenvalue weighted by Crippen LogP contribution is 2.52. The van der Waals surface area contributed by atoms with E-state index in [0.29, 0.717) is 23.0 Å². The quantitative estimate of drug-likeness (QED) is 0.634. The highest BCUT2D eigenvalue weighted by Gasteiger charge is 2.54. The molecule has 0 aliphatic heterocycles. The third-order valence-electron chi connectivity index (χ3n) is 4.52. The number of allylic oxidation sites excluding steroid dienone is 2. The van der Waals surface area contributed by atoms with Crippen LogP contribution in [-0.2, 0) is 0 Å². The van der Waals surface area contributed by atoms with Crippen molar-refractivity contribution in [3.8, 4) is 0 Å². The van der Waals surface area contributed by atoms with E-state index in [-0.39, 0.29) is 23.4 Å². The van der Waals surface area contributed by atoms with Gasteiger partial charge in [0.1, 0.15) is 0 Å². The lowest BCUT2D eigenvalue weighted by Crippen LogP contribution is -2.38. The van der Waals surface area contributed by atoms with Crippen LogP contribution < -0.4 is 0 Å². The lowest BCUT2D eigenvalue weighted by Gasteiger charge is -2.31. The molecule has 17 heavy (non-hydrogen) atoms. The summed E-state index contributed by atoms with van der Waals surface area (Å²) in [4.78, 5) is 24.9. The molecular weight excluding hydrogens is 212 g/mol. The molecule has 1 fully saturated rings. The molecule has 2 bridgehead atoms. The van der Waals surface area contributed by atoms with Crippen LogP contribution in [0.1, 0.15) is 27.1 Å². The summed E-state index contributed by atoms with van der Waals surface area (Å²) in [6.45, 7) is 0. The first-order valence-corrected chi connectivity index (χ1v) is 6.13. The topological polar surface area (TPSA) is 34.1 Å². The summed E-state index contributed by atoms with van der Waals surface area (Å²) in [5.41, 5.74) is 1.28. The van der Waals surface area contributed by atoms with Crippen molar-refractivity contribution in [2.45, 2.75) is 6.42 Å². The van der Waals surface area contributed by atoms with Crippen LogP contribution in [0.3, 0.4) is 0 Å². The average molecular weight is 224 g/mol. The molecule has 2 heteroatoms. The predicted octanol–water partition coefficient (Wildman–Crippen LogP) is 2.50. The van der Waals surface area contributed by atoms with Crippen LogP contribution in [0.4, 0.5) is 0 Å². The number of rotatable bonds is 0. The van der Waals surface area contributed by atoms with Crippen LogP contribution >= 0.6 is 0 Å². The summed E-state index contributed by atoms with van der Waals surface area (Å²) in [5.74, 6) is 0.813. The summed E-state index contributed by atoms with van der Waals surface area (Å²) < 4.78 is 0. The number of ketones is 2. The first-order chi connectivity index (χ1) is 8.27. The largest absolute Gasteiger partial charge is 0.294 e. The summed E-state index contributed by atoms with van der Waals surface area (Å²) in [6, 6.07) is 7.27. The maximum absolute atomic E-state index is 12.4. The molecule has 0 amide bonds. The predicted molar refractivity (Wildman–Crippen MR) is 62.8 cm³/mol. The zero-order valence-corrected chi connectivity index (χ0v) is 9.30. The number of fused-ring (bicyclic) bond motifs is 6. The molecule has 0 saturated heterocycles. The highest BCUT2D eigenvalue weighted by atomic mass is 16.1. The first-order valence-electron chi connectivity index (χ1n) is 6.13. The Bertz CT molecular complexity index is 521. The molecule has 1 aromatic carbocycles. The van der Waals surface area contributed by atoms with Gasteiger partial charge in [0.2, 0.25) is 0 Å². The number of hydrogen-bond donors (Lipinski definition) is 0. The van der Waals surface area contributed by atoms with Gasteiger partial charge >= 0.3 is 0 Å². The van der Waals surface area contributed by atoms with Gasteiger partial charge in [0, 0.05) is 23.0 Å². The van der Waals surface area contributed by atoms with Gasteiger partial charge < -0.3 is 0 Å². The minimum absolute atomic E-state index is 0.0765. The van der Waals surface area contributed by atoms with Crippen molar-refractivity contribution in [2.24, 2.45) is 23.7 Å². The van der Waals surface area contributed by atoms with E-state index in [0.717, 1.165) is 6.42 Å². The fourth-order valence-electron chi connectivity index (χ4n) is 3.81.